The molecule has 1 aliphatic heterocycles. The maximum Gasteiger partial charge on any atom is 0.101 e. The minimum atomic E-state index is 0.534. The first kappa shape index (κ1) is 15.2. The average Bonchev–Trinajstić information content (AvgIpc) is 2.82. The zero-order chi connectivity index (χ0) is 14.7. The van der Waals surface area contributed by atoms with Crippen LogP contribution in [0.1, 0.15) is 25.8 Å². The fourth-order valence-corrected chi connectivity index (χ4v) is 3.02. The topological polar surface area (TPSA) is 30.3 Å². The van der Waals surface area contributed by atoms with Crippen LogP contribution in [0.5, 0.6) is 0 Å². The molecule has 20 heavy (non-hydrogen) atoms. The summed E-state index contributed by atoms with van der Waals surface area (Å²) in [6.45, 7) is 7.71. The number of rotatable bonds is 4. The number of benzene rings is 1. The summed E-state index contributed by atoms with van der Waals surface area (Å²) in [7, 11) is 2.17. The Hall–Kier alpha value is -1.24. The van der Waals surface area contributed by atoms with Gasteiger partial charge < -0.3 is 9.80 Å². The third kappa shape index (κ3) is 3.45. The Morgan fingerprint density at radius 3 is 2.75 bits per heavy atom. The molecule has 1 aromatic rings. The highest BCUT2D eigenvalue weighted by molar-refractivity contribution is 6.32. The number of hydrogen-bond donors (Lipinski definition) is 0. The number of halogens is 1. The predicted molar refractivity (Wildman–Crippen MR) is 84.3 cm³/mol. The molecule has 0 bridgehead atoms. The maximum atomic E-state index is 8.98. The molecule has 1 fully saturated rings. The lowest BCUT2D eigenvalue weighted by atomic mass is 10.1. The van der Waals surface area contributed by atoms with Crippen LogP contribution in [0.25, 0.3) is 0 Å². The SMILES string of the molecule is CC(C)CN(c1ccc(C#N)c(Cl)c1)C1CCN(C)C1. The van der Waals surface area contributed by atoms with E-state index in [1.807, 2.05) is 18.2 Å². The van der Waals surface area contributed by atoms with E-state index in [-0.39, 0.29) is 0 Å². The first-order valence-electron chi connectivity index (χ1n) is 7.16. The summed E-state index contributed by atoms with van der Waals surface area (Å²) in [5.41, 5.74) is 1.67. The Labute approximate surface area is 126 Å². The van der Waals surface area contributed by atoms with Gasteiger partial charge in [0.15, 0.2) is 0 Å². The third-order valence-electron chi connectivity index (χ3n) is 3.77. The summed E-state index contributed by atoms with van der Waals surface area (Å²) in [5, 5.41) is 9.53. The smallest absolute Gasteiger partial charge is 0.101 e. The molecule has 0 amide bonds. The zero-order valence-electron chi connectivity index (χ0n) is 12.4. The molecule has 0 spiro atoms. The second kappa shape index (κ2) is 6.47. The molecule has 0 aliphatic carbocycles. The largest absolute Gasteiger partial charge is 0.367 e. The molecular weight excluding hydrogens is 270 g/mol. The molecule has 0 aromatic heterocycles. The van der Waals surface area contributed by atoms with Gasteiger partial charge in [-0.25, -0.2) is 0 Å². The lowest BCUT2D eigenvalue weighted by Gasteiger charge is -2.33. The van der Waals surface area contributed by atoms with Gasteiger partial charge in [-0.3, -0.25) is 0 Å². The quantitative estimate of drug-likeness (QED) is 0.852. The van der Waals surface area contributed by atoms with Crippen molar-refractivity contribution in [2.45, 2.75) is 26.3 Å². The minimum absolute atomic E-state index is 0.534. The van der Waals surface area contributed by atoms with Crippen molar-refractivity contribution in [2.75, 3.05) is 31.6 Å². The van der Waals surface area contributed by atoms with Gasteiger partial charge in [0.2, 0.25) is 0 Å². The second-order valence-corrected chi connectivity index (χ2v) is 6.43. The first-order valence-corrected chi connectivity index (χ1v) is 7.54. The van der Waals surface area contributed by atoms with Crippen LogP contribution in [0, 0.1) is 17.2 Å². The van der Waals surface area contributed by atoms with Gasteiger partial charge in [0.25, 0.3) is 0 Å². The highest BCUT2D eigenvalue weighted by Gasteiger charge is 2.26. The lowest BCUT2D eigenvalue weighted by Crippen LogP contribution is -2.39. The van der Waals surface area contributed by atoms with E-state index in [0.29, 0.717) is 22.5 Å². The summed E-state index contributed by atoms with van der Waals surface area (Å²) in [6.07, 6.45) is 1.18. The number of anilines is 1. The Morgan fingerprint density at radius 1 is 1.50 bits per heavy atom. The van der Waals surface area contributed by atoms with Gasteiger partial charge in [0.05, 0.1) is 10.6 Å². The lowest BCUT2D eigenvalue weighted by molar-refractivity contribution is 0.405. The van der Waals surface area contributed by atoms with E-state index < -0.39 is 0 Å². The molecular formula is C16H22ClN3. The molecule has 1 unspecified atom stereocenters. The summed E-state index contributed by atoms with van der Waals surface area (Å²) >= 11 is 6.19. The fraction of sp³-hybridized carbons (Fsp3) is 0.562. The number of nitriles is 1. The van der Waals surface area contributed by atoms with Crippen LogP contribution < -0.4 is 4.90 Å². The minimum Gasteiger partial charge on any atom is -0.367 e. The standard InChI is InChI=1S/C16H22ClN3/c1-12(2)10-20(15-6-7-19(3)11-15)14-5-4-13(9-18)16(17)8-14/h4-5,8,12,15H,6-7,10-11H2,1-3H3. The van der Waals surface area contributed by atoms with E-state index in [4.69, 9.17) is 16.9 Å². The van der Waals surface area contributed by atoms with Crippen LogP contribution in [0.4, 0.5) is 5.69 Å². The molecule has 2 rings (SSSR count). The molecule has 1 heterocycles. The number of nitrogens with zero attached hydrogens (tertiary/aromatic N) is 3. The molecule has 0 saturated carbocycles. The number of hydrogen-bond acceptors (Lipinski definition) is 3. The van der Waals surface area contributed by atoms with Crippen molar-refractivity contribution >= 4 is 17.3 Å². The van der Waals surface area contributed by atoms with Crippen LogP contribution in [0.2, 0.25) is 5.02 Å². The van der Waals surface area contributed by atoms with Gasteiger partial charge >= 0.3 is 0 Å². The molecule has 1 aliphatic rings. The second-order valence-electron chi connectivity index (χ2n) is 6.03. The van der Waals surface area contributed by atoms with E-state index in [1.165, 1.54) is 6.42 Å². The van der Waals surface area contributed by atoms with Crippen molar-refractivity contribution in [3.63, 3.8) is 0 Å². The van der Waals surface area contributed by atoms with Crippen molar-refractivity contribution in [1.82, 2.24) is 4.90 Å². The Kier molecular flexibility index (Phi) is 4.91. The monoisotopic (exact) mass is 291 g/mol. The first-order chi connectivity index (χ1) is 9.51. The van der Waals surface area contributed by atoms with Gasteiger partial charge in [0, 0.05) is 24.8 Å². The van der Waals surface area contributed by atoms with Crippen molar-refractivity contribution in [2.24, 2.45) is 5.92 Å². The molecule has 3 nitrogen and oxygen atoms in total. The van der Waals surface area contributed by atoms with Crippen LogP contribution in [-0.4, -0.2) is 37.6 Å². The van der Waals surface area contributed by atoms with Crippen LogP contribution in [-0.2, 0) is 0 Å². The molecule has 0 N–H and O–H groups in total. The third-order valence-corrected chi connectivity index (χ3v) is 4.09. The Bertz CT molecular complexity index is 507. The van der Waals surface area contributed by atoms with Gasteiger partial charge in [-0.2, -0.15) is 5.26 Å². The van der Waals surface area contributed by atoms with E-state index in [9.17, 15) is 0 Å². The molecule has 1 atom stereocenters. The summed E-state index contributed by atoms with van der Waals surface area (Å²) in [4.78, 5) is 4.81. The van der Waals surface area contributed by atoms with Crippen LogP contribution in [0.3, 0.4) is 0 Å². The van der Waals surface area contributed by atoms with Crippen LogP contribution in [0.15, 0.2) is 18.2 Å². The highest BCUT2D eigenvalue weighted by Crippen LogP contribution is 2.28. The van der Waals surface area contributed by atoms with Crippen molar-refractivity contribution in [3.05, 3.63) is 28.8 Å². The number of likely N-dealkylation sites (N-methyl/N-ethyl adjacent to an activating group) is 1. The number of likely N-dealkylation sites (tertiary alicyclic amines) is 1. The average molecular weight is 292 g/mol. The van der Waals surface area contributed by atoms with Gasteiger partial charge in [-0.1, -0.05) is 25.4 Å². The van der Waals surface area contributed by atoms with Crippen molar-refractivity contribution in [3.8, 4) is 6.07 Å². The molecule has 1 saturated heterocycles. The van der Waals surface area contributed by atoms with Gasteiger partial charge in [0.1, 0.15) is 6.07 Å². The summed E-state index contributed by atoms with van der Waals surface area (Å²) in [5.74, 6) is 0.593. The maximum absolute atomic E-state index is 8.98. The highest BCUT2D eigenvalue weighted by atomic mass is 35.5. The fourth-order valence-electron chi connectivity index (χ4n) is 2.80. The Balaban J connectivity index is 2.26. The van der Waals surface area contributed by atoms with E-state index in [1.54, 1.807) is 0 Å². The van der Waals surface area contributed by atoms with Crippen LogP contribution >= 0.6 is 11.6 Å². The predicted octanol–water partition coefficient (Wildman–Crippen LogP) is 3.38. The normalized spacial score (nSPS) is 19.3. The molecule has 1 aromatic carbocycles. The Morgan fingerprint density at radius 2 is 2.25 bits per heavy atom. The molecule has 108 valence electrons. The van der Waals surface area contributed by atoms with Crippen molar-refractivity contribution in [1.29, 1.82) is 5.26 Å². The van der Waals surface area contributed by atoms with Gasteiger partial charge in [-0.05, 0) is 44.1 Å². The van der Waals surface area contributed by atoms with E-state index in [2.05, 4.69) is 36.8 Å². The zero-order valence-corrected chi connectivity index (χ0v) is 13.2. The summed E-state index contributed by atoms with van der Waals surface area (Å²) in [6, 6.07) is 8.43. The van der Waals surface area contributed by atoms with E-state index >= 15 is 0 Å². The van der Waals surface area contributed by atoms with E-state index in [0.717, 1.165) is 25.3 Å². The van der Waals surface area contributed by atoms with Gasteiger partial charge in [-0.15, -0.1) is 0 Å². The molecule has 4 heteroatoms. The molecule has 0 radical (unpaired) electrons. The van der Waals surface area contributed by atoms with Crippen molar-refractivity contribution < 1.29 is 0 Å². The summed E-state index contributed by atoms with van der Waals surface area (Å²) < 4.78 is 0.